The largest absolute Gasteiger partial charge is 0.418 e. The number of nitrogens with zero attached hydrogens (tertiary/aromatic N) is 1. The van der Waals surface area contributed by atoms with Crippen molar-refractivity contribution in [2.24, 2.45) is 5.73 Å². The Balaban J connectivity index is 2.70. The van der Waals surface area contributed by atoms with Crippen molar-refractivity contribution in [3.8, 4) is 5.69 Å². The highest BCUT2D eigenvalue weighted by molar-refractivity contribution is 5.43. The first-order chi connectivity index (χ1) is 9.40. The van der Waals surface area contributed by atoms with Crippen LogP contribution in [0.1, 0.15) is 23.7 Å². The van der Waals surface area contributed by atoms with Crippen molar-refractivity contribution in [1.82, 2.24) is 9.78 Å². The fraction of sp³-hybridized carbons (Fsp3) is 0.308. The van der Waals surface area contributed by atoms with E-state index in [0.29, 0.717) is 17.7 Å². The average molecular weight is 285 g/mol. The Morgan fingerprint density at radius 3 is 2.45 bits per heavy atom. The number of aromatic nitrogens is 2. The van der Waals surface area contributed by atoms with Crippen LogP contribution in [-0.4, -0.2) is 9.78 Å². The number of nitrogens with two attached hydrogens (primary N) is 1. The molecule has 0 saturated carbocycles. The van der Waals surface area contributed by atoms with Gasteiger partial charge in [-0.3, -0.25) is 9.89 Å². The van der Waals surface area contributed by atoms with Gasteiger partial charge in [0.1, 0.15) is 0 Å². The number of aromatic amines is 1. The Kier molecular flexibility index (Phi) is 3.71. The molecular weight excluding hydrogens is 271 g/mol. The molecule has 4 nitrogen and oxygen atoms in total. The molecule has 0 fully saturated rings. The van der Waals surface area contributed by atoms with Gasteiger partial charge in [-0.15, -0.1) is 0 Å². The van der Waals surface area contributed by atoms with Gasteiger partial charge in [0.05, 0.1) is 16.8 Å². The quantitative estimate of drug-likeness (QED) is 0.908. The van der Waals surface area contributed by atoms with Gasteiger partial charge >= 0.3 is 6.18 Å². The summed E-state index contributed by atoms with van der Waals surface area (Å²) in [4.78, 5) is 12.1. The van der Waals surface area contributed by atoms with Crippen molar-refractivity contribution >= 4 is 0 Å². The molecule has 3 N–H and O–H groups in total. The first-order valence-corrected chi connectivity index (χ1v) is 6.09. The molecule has 0 saturated heterocycles. The molecule has 0 aliphatic rings. The summed E-state index contributed by atoms with van der Waals surface area (Å²) in [5.41, 5.74) is 4.72. The Labute approximate surface area is 113 Å². The molecule has 0 unspecified atom stereocenters. The van der Waals surface area contributed by atoms with E-state index in [9.17, 15) is 18.0 Å². The third-order valence-electron chi connectivity index (χ3n) is 3.08. The fourth-order valence-electron chi connectivity index (χ4n) is 2.10. The van der Waals surface area contributed by atoms with Gasteiger partial charge in [-0.05, 0) is 18.6 Å². The van der Waals surface area contributed by atoms with Crippen molar-refractivity contribution in [3.05, 3.63) is 51.4 Å². The molecule has 2 rings (SSSR count). The number of alkyl halides is 3. The van der Waals surface area contributed by atoms with E-state index < -0.39 is 17.3 Å². The second kappa shape index (κ2) is 5.16. The van der Waals surface area contributed by atoms with Crippen LogP contribution in [0.25, 0.3) is 5.69 Å². The second-order valence-electron chi connectivity index (χ2n) is 4.28. The molecule has 2 aromatic rings. The molecule has 108 valence electrons. The standard InChI is InChI=1S/C13H14F3N3O/c1-2-10-8(7-17)12(20)19(18-10)11-6-4-3-5-9(11)13(14,15)16/h3-6,18H,2,7,17H2,1H3. The highest BCUT2D eigenvalue weighted by Gasteiger charge is 2.34. The summed E-state index contributed by atoms with van der Waals surface area (Å²) in [6, 6.07) is 4.92. The normalized spacial score (nSPS) is 11.8. The lowest BCUT2D eigenvalue weighted by Crippen LogP contribution is -2.22. The van der Waals surface area contributed by atoms with Crippen LogP contribution < -0.4 is 11.3 Å². The van der Waals surface area contributed by atoms with E-state index in [0.717, 1.165) is 10.7 Å². The third-order valence-corrected chi connectivity index (χ3v) is 3.08. The number of nitrogens with one attached hydrogen (secondary N) is 1. The summed E-state index contributed by atoms with van der Waals surface area (Å²) in [7, 11) is 0. The van der Waals surface area contributed by atoms with Crippen LogP contribution in [0.4, 0.5) is 13.2 Å². The highest BCUT2D eigenvalue weighted by Crippen LogP contribution is 2.33. The highest BCUT2D eigenvalue weighted by atomic mass is 19.4. The molecule has 0 bridgehead atoms. The van der Waals surface area contributed by atoms with Gasteiger partial charge in [0.2, 0.25) is 0 Å². The minimum atomic E-state index is -4.53. The molecule has 0 aliphatic carbocycles. The van der Waals surface area contributed by atoms with Gasteiger partial charge < -0.3 is 5.73 Å². The molecule has 0 amide bonds. The van der Waals surface area contributed by atoms with E-state index in [2.05, 4.69) is 5.10 Å². The second-order valence-corrected chi connectivity index (χ2v) is 4.28. The predicted molar refractivity (Wildman–Crippen MR) is 68.7 cm³/mol. The van der Waals surface area contributed by atoms with E-state index >= 15 is 0 Å². The van der Waals surface area contributed by atoms with E-state index in [1.807, 2.05) is 0 Å². The van der Waals surface area contributed by atoms with E-state index in [1.165, 1.54) is 18.2 Å². The molecule has 20 heavy (non-hydrogen) atoms. The van der Waals surface area contributed by atoms with Gasteiger partial charge in [0, 0.05) is 12.2 Å². The van der Waals surface area contributed by atoms with E-state index in [-0.39, 0.29) is 12.2 Å². The third kappa shape index (κ3) is 2.36. The topological polar surface area (TPSA) is 63.8 Å². The number of rotatable bonds is 3. The van der Waals surface area contributed by atoms with Crippen molar-refractivity contribution in [3.63, 3.8) is 0 Å². The number of hydrogen-bond acceptors (Lipinski definition) is 2. The summed E-state index contributed by atoms with van der Waals surface area (Å²) in [6.07, 6.45) is -4.04. The van der Waals surface area contributed by atoms with Crippen LogP contribution in [0.3, 0.4) is 0 Å². The average Bonchev–Trinajstić information content (AvgIpc) is 2.74. The molecule has 7 heteroatoms. The van der Waals surface area contributed by atoms with E-state index in [4.69, 9.17) is 5.73 Å². The lowest BCUT2D eigenvalue weighted by Gasteiger charge is -2.12. The molecule has 0 atom stereocenters. The zero-order valence-electron chi connectivity index (χ0n) is 10.8. The Hall–Kier alpha value is -2.02. The van der Waals surface area contributed by atoms with Crippen LogP contribution in [0.5, 0.6) is 0 Å². The van der Waals surface area contributed by atoms with E-state index in [1.54, 1.807) is 6.92 Å². The van der Waals surface area contributed by atoms with Crippen LogP contribution in [0.2, 0.25) is 0 Å². The predicted octanol–water partition coefficient (Wildman–Crippen LogP) is 2.21. The van der Waals surface area contributed by atoms with Gasteiger partial charge in [0.25, 0.3) is 5.56 Å². The number of para-hydroxylation sites is 1. The summed E-state index contributed by atoms with van der Waals surface area (Å²) in [5, 5.41) is 2.70. The van der Waals surface area contributed by atoms with Crippen LogP contribution in [0.15, 0.2) is 29.1 Å². The smallest absolute Gasteiger partial charge is 0.326 e. The van der Waals surface area contributed by atoms with Gasteiger partial charge in [-0.1, -0.05) is 19.1 Å². The van der Waals surface area contributed by atoms with Gasteiger partial charge in [-0.2, -0.15) is 13.2 Å². The monoisotopic (exact) mass is 285 g/mol. The van der Waals surface area contributed by atoms with Gasteiger partial charge in [0.15, 0.2) is 0 Å². The van der Waals surface area contributed by atoms with Crippen LogP contribution >= 0.6 is 0 Å². The van der Waals surface area contributed by atoms with Crippen molar-refractivity contribution in [2.75, 3.05) is 0 Å². The lowest BCUT2D eigenvalue weighted by molar-refractivity contribution is -0.137. The Bertz CT molecular complexity index is 670. The molecule has 1 aromatic carbocycles. The minimum Gasteiger partial charge on any atom is -0.326 e. The number of hydrogen-bond donors (Lipinski definition) is 2. The Morgan fingerprint density at radius 2 is 1.95 bits per heavy atom. The first kappa shape index (κ1) is 14.4. The molecular formula is C13H14F3N3O. The number of aryl methyl sites for hydroxylation is 1. The summed E-state index contributed by atoms with van der Waals surface area (Å²) in [6.45, 7) is 1.78. The SMILES string of the molecule is CCc1[nH]n(-c2ccccc2C(F)(F)F)c(=O)c1CN. The van der Waals surface area contributed by atoms with Gasteiger partial charge in [-0.25, -0.2) is 4.68 Å². The molecule has 1 aromatic heterocycles. The molecule has 1 heterocycles. The first-order valence-electron chi connectivity index (χ1n) is 6.09. The number of H-pyrrole nitrogens is 1. The summed E-state index contributed by atoms with van der Waals surface area (Å²) >= 11 is 0. The van der Waals surface area contributed by atoms with Crippen molar-refractivity contribution < 1.29 is 13.2 Å². The molecule has 0 spiro atoms. The van der Waals surface area contributed by atoms with Crippen LogP contribution in [-0.2, 0) is 19.1 Å². The summed E-state index contributed by atoms with van der Waals surface area (Å²) in [5.74, 6) is 0. The maximum absolute atomic E-state index is 13.0. The summed E-state index contributed by atoms with van der Waals surface area (Å²) < 4.78 is 39.9. The van der Waals surface area contributed by atoms with Crippen molar-refractivity contribution in [2.45, 2.75) is 26.1 Å². The molecule has 0 aliphatic heterocycles. The fourth-order valence-corrected chi connectivity index (χ4v) is 2.10. The zero-order valence-corrected chi connectivity index (χ0v) is 10.8. The maximum atomic E-state index is 13.0. The number of benzene rings is 1. The number of halogens is 3. The zero-order chi connectivity index (χ0) is 14.9. The Morgan fingerprint density at radius 1 is 1.30 bits per heavy atom. The lowest BCUT2D eigenvalue weighted by atomic mass is 10.1. The molecule has 0 radical (unpaired) electrons. The van der Waals surface area contributed by atoms with Crippen molar-refractivity contribution in [1.29, 1.82) is 0 Å². The minimum absolute atomic E-state index is 0.0142. The van der Waals surface area contributed by atoms with Crippen LogP contribution in [0, 0.1) is 0 Å². The maximum Gasteiger partial charge on any atom is 0.418 e.